The Bertz CT molecular complexity index is 780. The molecule has 1 amide bonds. The molecule has 23 heavy (non-hydrogen) atoms. The first-order valence-electron chi connectivity index (χ1n) is 7.05. The van der Waals surface area contributed by atoms with Gasteiger partial charge in [-0.3, -0.25) is 10.1 Å². The Labute approximate surface area is 134 Å². The molecule has 0 spiro atoms. The number of sulfone groups is 1. The van der Waals surface area contributed by atoms with Crippen molar-refractivity contribution < 1.29 is 22.5 Å². The number of nitrogens with one attached hydrogen (secondary N) is 1. The van der Waals surface area contributed by atoms with Crippen molar-refractivity contribution in [3.8, 4) is 5.75 Å². The van der Waals surface area contributed by atoms with Gasteiger partial charge in [0.2, 0.25) is 11.8 Å². The monoisotopic (exact) mass is 338 g/mol. The lowest BCUT2D eigenvalue weighted by Crippen LogP contribution is -2.32. The fourth-order valence-corrected chi connectivity index (χ4v) is 3.15. The standard InChI is InChI=1S/C15H18N2O5S/c1-4-21-12-5-7-13(8-6-12)23(19,20)11(3)15(18)16-14-9-10(2)17-22-14/h5-9,11H,4H2,1-3H3,(H,16,18)/t11-/m0/s1. The van der Waals surface area contributed by atoms with Gasteiger partial charge in [0.1, 0.15) is 11.0 Å². The molecule has 1 atom stereocenters. The summed E-state index contributed by atoms with van der Waals surface area (Å²) in [5.74, 6) is -0.00281. The Morgan fingerprint density at radius 2 is 2.00 bits per heavy atom. The van der Waals surface area contributed by atoms with Crippen LogP contribution in [0.4, 0.5) is 5.88 Å². The summed E-state index contributed by atoms with van der Waals surface area (Å²) in [5.41, 5.74) is 0.585. The minimum absolute atomic E-state index is 0.0531. The highest BCUT2D eigenvalue weighted by molar-refractivity contribution is 7.92. The van der Waals surface area contributed by atoms with Gasteiger partial charge in [-0.15, -0.1) is 0 Å². The van der Waals surface area contributed by atoms with E-state index in [2.05, 4.69) is 10.5 Å². The third kappa shape index (κ3) is 3.89. The quantitative estimate of drug-likeness (QED) is 0.867. The van der Waals surface area contributed by atoms with E-state index >= 15 is 0 Å². The molecule has 124 valence electrons. The minimum atomic E-state index is -3.81. The summed E-state index contributed by atoms with van der Waals surface area (Å²) < 4.78 is 35.1. The third-order valence-electron chi connectivity index (χ3n) is 3.17. The topological polar surface area (TPSA) is 98.5 Å². The average Bonchev–Trinajstić information content (AvgIpc) is 2.92. The van der Waals surface area contributed by atoms with Crippen molar-refractivity contribution in [1.82, 2.24) is 5.16 Å². The number of carbonyl (C=O) groups is 1. The van der Waals surface area contributed by atoms with Crippen LogP contribution >= 0.6 is 0 Å². The van der Waals surface area contributed by atoms with E-state index in [1.165, 1.54) is 25.1 Å². The number of aryl methyl sites for hydroxylation is 1. The predicted molar refractivity (Wildman–Crippen MR) is 84.1 cm³/mol. The summed E-state index contributed by atoms with van der Waals surface area (Å²) in [7, 11) is -3.81. The second-order valence-corrected chi connectivity index (χ2v) is 7.18. The molecule has 0 aliphatic carbocycles. The highest BCUT2D eigenvalue weighted by Gasteiger charge is 2.30. The van der Waals surface area contributed by atoms with Crippen LogP contribution in [0.15, 0.2) is 39.8 Å². The maximum absolute atomic E-state index is 12.5. The number of amides is 1. The Balaban J connectivity index is 2.15. The minimum Gasteiger partial charge on any atom is -0.494 e. The first-order valence-corrected chi connectivity index (χ1v) is 8.60. The number of anilines is 1. The highest BCUT2D eigenvalue weighted by Crippen LogP contribution is 2.21. The molecule has 0 aliphatic heterocycles. The van der Waals surface area contributed by atoms with Crippen LogP contribution in [0.25, 0.3) is 0 Å². The van der Waals surface area contributed by atoms with Gasteiger partial charge in [-0.1, -0.05) is 5.16 Å². The number of hydrogen-bond acceptors (Lipinski definition) is 6. The van der Waals surface area contributed by atoms with Gasteiger partial charge in [0, 0.05) is 6.07 Å². The Hall–Kier alpha value is -2.35. The molecule has 0 fully saturated rings. The number of carbonyl (C=O) groups excluding carboxylic acids is 1. The molecule has 0 unspecified atom stereocenters. The molecule has 0 radical (unpaired) electrons. The maximum atomic E-state index is 12.5. The molecule has 0 saturated heterocycles. The van der Waals surface area contributed by atoms with E-state index in [0.29, 0.717) is 18.1 Å². The molecule has 1 aromatic heterocycles. The van der Waals surface area contributed by atoms with Gasteiger partial charge in [-0.2, -0.15) is 0 Å². The second-order valence-electron chi connectivity index (χ2n) is 4.91. The molecule has 7 nitrogen and oxygen atoms in total. The Morgan fingerprint density at radius 3 is 2.52 bits per heavy atom. The number of aromatic nitrogens is 1. The molecule has 2 aromatic rings. The molecule has 0 saturated carbocycles. The van der Waals surface area contributed by atoms with Crippen molar-refractivity contribution in [2.24, 2.45) is 0 Å². The summed E-state index contributed by atoms with van der Waals surface area (Å²) in [6, 6.07) is 7.46. The van der Waals surface area contributed by atoms with Crippen molar-refractivity contribution in [3.05, 3.63) is 36.0 Å². The molecule has 1 heterocycles. The molecule has 0 aliphatic rings. The zero-order valence-electron chi connectivity index (χ0n) is 13.1. The van der Waals surface area contributed by atoms with Crippen molar-refractivity contribution in [3.63, 3.8) is 0 Å². The largest absolute Gasteiger partial charge is 0.494 e. The normalized spacial score (nSPS) is 12.7. The number of hydrogen-bond donors (Lipinski definition) is 1. The van der Waals surface area contributed by atoms with Crippen LogP contribution in [0.1, 0.15) is 19.5 Å². The van der Waals surface area contributed by atoms with E-state index < -0.39 is 21.0 Å². The van der Waals surface area contributed by atoms with E-state index in [1.807, 2.05) is 6.92 Å². The van der Waals surface area contributed by atoms with Crippen molar-refractivity contribution in [2.75, 3.05) is 11.9 Å². The van der Waals surface area contributed by atoms with E-state index in [1.54, 1.807) is 19.1 Å². The third-order valence-corrected chi connectivity index (χ3v) is 5.25. The van der Waals surface area contributed by atoms with E-state index in [9.17, 15) is 13.2 Å². The van der Waals surface area contributed by atoms with Crippen LogP contribution in [0.3, 0.4) is 0 Å². The van der Waals surface area contributed by atoms with Crippen LogP contribution in [0.5, 0.6) is 5.75 Å². The fraction of sp³-hybridized carbons (Fsp3) is 0.333. The van der Waals surface area contributed by atoms with Crippen LogP contribution in [-0.4, -0.2) is 31.3 Å². The maximum Gasteiger partial charge on any atom is 0.245 e. The van der Waals surface area contributed by atoms with Gasteiger partial charge in [0.25, 0.3) is 0 Å². The Kier molecular flexibility index (Phi) is 5.05. The first-order chi connectivity index (χ1) is 10.8. The lowest BCUT2D eigenvalue weighted by molar-refractivity contribution is -0.115. The van der Waals surface area contributed by atoms with Crippen molar-refractivity contribution >= 4 is 21.6 Å². The van der Waals surface area contributed by atoms with Gasteiger partial charge >= 0.3 is 0 Å². The smallest absolute Gasteiger partial charge is 0.245 e. The zero-order valence-corrected chi connectivity index (χ0v) is 13.9. The lowest BCUT2D eigenvalue weighted by Gasteiger charge is -2.12. The van der Waals surface area contributed by atoms with Crippen LogP contribution in [-0.2, 0) is 14.6 Å². The molecule has 2 rings (SSSR count). The van der Waals surface area contributed by atoms with E-state index in [4.69, 9.17) is 9.26 Å². The van der Waals surface area contributed by atoms with Crippen molar-refractivity contribution in [1.29, 1.82) is 0 Å². The molecular weight excluding hydrogens is 320 g/mol. The fourth-order valence-electron chi connectivity index (χ4n) is 1.88. The number of ether oxygens (including phenoxy) is 1. The second kappa shape index (κ2) is 6.82. The lowest BCUT2D eigenvalue weighted by atomic mass is 10.3. The van der Waals surface area contributed by atoms with Crippen molar-refractivity contribution in [2.45, 2.75) is 30.9 Å². The number of nitrogens with zero attached hydrogens (tertiary/aromatic N) is 1. The van der Waals surface area contributed by atoms with E-state index in [-0.39, 0.29) is 10.8 Å². The molecule has 8 heteroatoms. The average molecular weight is 338 g/mol. The summed E-state index contributed by atoms with van der Waals surface area (Å²) in [4.78, 5) is 12.2. The Morgan fingerprint density at radius 1 is 1.35 bits per heavy atom. The van der Waals surface area contributed by atoms with Crippen LogP contribution in [0.2, 0.25) is 0 Å². The highest BCUT2D eigenvalue weighted by atomic mass is 32.2. The van der Waals surface area contributed by atoms with Gasteiger partial charge in [0.15, 0.2) is 9.84 Å². The molecule has 1 N–H and O–H groups in total. The predicted octanol–water partition coefficient (Wildman–Crippen LogP) is 2.18. The number of rotatable bonds is 6. The molecular formula is C15H18N2O5S. The van der Waals surface area contributed by atoms with E-state index in [0.717, 1.165) is 0 Å². The molecule has 1 aromatic carbocycles. The molecule has 0 bridgehead atoms. The SMILES string of the molecule is CCOc1ccc(S(=O)(=O)[C@@H](C)C(=O)Nc2cc(C)no2)cc1. The van der Waals surface area contributed by atoms with Gasteiger partial charge in [0.05, 0.1) is 17.2 Å². The first kappa shape index (κ1) is 17.0. The number of benzene rings is 1. The van der Waals surface area contributed by atoms with Crippen LogP contribution < -0.4 is 10.1 Å². The van der Waals surface area contributed by atoms with Gasteiger partial charge in [-0.25, -0.2) is 8.42 Å². The summed E-state index contributed by atoms with van der Waals surface area (Å²) in [6.45, 7) is 5.34. The summed E-state index contributed by atoms with van der Waals surface area (Å²) in [6.07, 6.45) is 0. The van der Waals surface area contributed by atoms with Crippen LogP contribution in [0, 0.1) is 6.92 Å². The van der Waals surface area contributed by atoms with Gasteiger partial charge < -0.3 is 9.26 Å². The zero-order chi connectivity index (χ0) is 17.0. The van der Waals surface area contributed by atoms with Gasteiger partial charge in [-0.05, 0) is 45.0 Å². The summed E-state index contributed by atoms with van der Waals surface area (Å²) >= 11 is 0. The summed E-state index contributed by atoms with van der Waals surface area (Å²) in [5, 5.41) is 4.75.